The molecule has 0 spiro atoms. The summed E-state index contributed by atoms with van der Waals surface area (Å²) >= 11 is 0. The van der Waals surface area contributed by atoms with E-state index in [4.69, 9.17) is 15.3 Å². The van der Waals surface area contributed by atoms with Crippen LogP contribution in [0.4, 0.5) is 5.69 Å². The molecular formula is C13H11N7O. The Kier molecular flexibility index (Phi) is 4.46. The smallest absolute Gasteiger partial charge is 0.237 e. The van der Waals surface area contributed by atoms with E-state index in [1.807, 2.05) is 13.0 Å². The maximum absolute atomic E-state index is 8.69. The molecule has 1 aromatic carbocycles. The number of anilines is 1. The van der Waals surface area contributed by atoms with Gasteiger partial charge in [0.2, 0.25) is 5.71 Å². The van der Waals surface area contributed by atoms with Gasteiger partial charge in [-0.15, -0.1) is 10.2 Å². The van der Waals surface area contributed by atoms with E-state index in [0.29, 0.717) is 18.0 Å². The third-order valence-electron chi connectivity index (χ3n) is 2.48. The van der Waals surface area contributed by atoms with E-state index in [1.165, 1.54) is 0 Å². The van der Waals surface area contributed by atoms with E-state index in [2.05, 4.69) is 20.7 Å². The number of hydrogen-bond donors (Lipinski definition) is 1. The van der Waals surface area contributed by atoms with Crippen LogP contribution in [0.15, 0.2) is 36.0 Å². The summed E-state index contributed by atoms with van der Waals surface area (Å²) in [6.45, 7) is 2.34. The van der Waals surface area contributed by atoms with Crippen molar-refractivity contribution in [2.45, 2.75) is 6.92 Å². The molecule has 0 atom stereocenters. The largest absolute Gasteiger partial charge is 0.492 e. The topological polar surface area (TPSA) is 112 Å². The normalized spacial score (nSPS) is 9.29. The zero-order valence-corrected chi connectivity index (χ0v) is 11.2. The summed E-state index contributed by atoms with van der Waals surface area (Å²) in [5, 5.41) is 28.6. The minimum absolute atomic E-state index is 0.271. The first-order valence-electron chi connectivity index (χ1n) is 6.04. The van der Waals surface area contributed by atoms with E-state index < -0.39 is 0 Å². The van der Waals surface area contributed by atoms with Gasteiger partial charge in [-0.05, 0) is 25.1 Å². The number of ether oxygens (including phenoxy) is 1. The molecule has 0 saturated heterocycles. The molecule has 0 unspecified atom stereocenters. The molecule has 8 nitrogen and oxygen atoms in total. The highest BCUT2D eigenvalue weighted by Gasteiger charge is 2.06. The van der Waals surface area contributed by atoms with Crippen molar-refractivity contribution >= 4 is 11.4 Å². The Balaban J connectivity index is 2.36. The lowest BCUT2D eigenvalue weighted by molar-refractivity contribution is 0.341. The second-order valence-corrected chi connectivity index (χ2v) is 3.78. The van der Waals surface area contributed by atoms with E-state index >= 15 is 0 Å². The predicted molar refractivity (Wildman–Crippen MR) is 74.8 cm³/mol. The van der Waals surface area contributed by atoms with Crippen LogP contribution in [-0.2, 0) is 0 Å². The maximum atomic E-state index is 8.69. The van der Waals surface area contributed by atoms with Gasteiger partial charge in [0.25, 0.3) is 0 Å². The zero-order chi connectivity index (χ0) is 15.1. The van der Waals surface area contributed by atoms with Crippen LogP contribution in [0.5, 0.6) is 5.75 Å². The molecule has 21 heavy (non-hydrogen) atoms. The highest BCUT2D eigenvalue weighted by Crippen LogP contribution is 2.27. The van der Waals surface area contributed by atoms with Crippen molar-refractivity contribution in [3.05, 3.63) is 30.9 Å². The van der Waals surface area contributed by atoms with Gasteiger partial charge in [0.05, 0.1) is 12.3 Å². The molecule has 0 aliphatic carbocycles. The fraction of sp³-hybridized carbons (Fsp3) is 0.154. The van der Waals surface area contributed by atoms with Crippen molar-refractivity contribution in [1.29, 1.82) is 10.5 Å². The molecule has 0 amide bonds. The first kappa shape index (κ1) is 14.0. The average molecular weight is 281 g/mol. The first-order valence-corrected chi connectivity index (χ1v) is 6.04. The molecule has 8 heteroatoms. The minimum atomic E-state index is -0.271. The average Bonchev–Trinajstić information content (AvgIpc) is 3.04. The molecule has 0 aliphatic rings. The van der Waals surface area contributed by atoms with Crippen molar-refractivity contribution in [3.63, 3.8) is 0 Å². The molecule has 1 N–H and O–H groups in total. The lowest BCUT2D eigenvalue weighted by Crippen LogP contribution is -2.02. The summed E-state index contributed by atoms with van der Waals surface area (Å²) in [6.07, 6.45) is 3.11. The fourth-order valence-electron chi connectivity index (χ4n) is 1.57. The first-order chi connectivity index (χ1) is 10.3. The van der Waals surface area contributed by atoms with Crippen molar-refractivity contribution < 1.29 is 4.74 Å². The number of aromatic nitrogens is 3. The van der Waals surface area contributed by atoms with Gasteiger partial charge < -0.3 is 4.74 Å². The molecular weight excluding hydrogens is 270 g/mol. The molecule has 0 bridgehead atoms. The van der Waals surface area contributed by atoms with Crippen molar-refractivity contribution in [2.75, 3.05) is 12.0 Å². The second-order valence-electron chi connectivity index (χ2n) is 3.78. The zero-order valence-electron chi connectivity index (χ0n) is 11.2. The SMILES string of the molecule is CCOc1ccc(-n2cnnc2)cc1NN=C(C#N)C#N. The van der Waals surface area contributed by atoms with Crippen LogP contribution >= 0.6 is 0 Å². The summed E-state index contributed by atoms with van der Waals surface area (Å²) in [4.78, 5) is 0. The predicted octanol–water partition coefficient (Wildman–Crippen LogP) is 1.48. The van der Waals surface area contributed by atoms with Crippen LogP contribution in [0, 0.1) is 22.7 Å². The standard InChI is InChI=1S/C13H11N7O/c1-2-21-13-4-3-11(20-8-16-17-9-20)5-12(13)19-18-10(6-14)7-15/h3-5,8-9,19H,2H2,1H3. The molecule has 1 heterocycles. The van der Waals surface area contributed by atoms with Gasteiger partial charge in [0.1, 0.15) is 36.2 Å². The van der Waals surface area contributed by atoms with Crippen LogP contribution in [0.2, 0.25) is 0 Å². The van der Waals surface area contributed by atoms with Gasteiger partial charge in [-0.3, -0.25) is 9.99 Å². The van der Waals surface area contributed by atoms with Gasteiger partial charge in [-0.2, -0.15) is 15.6 Å². The Bertz CT molecular complexity index is 706. The molecule has 0 saturated carbocycles. The molecule has 2 rings (SSSR count). The number of nitriles is 2. The van der Waals surface area contributed by atoms with Gasteiger partial charge >= 0.3 is 0 Å². The third-order valence-corrected chi connectivity index (χ3v) is 2.48. The third kappa shape index (κ3) is 3.33. The Labute approximate surface area is 120 Å². The number of hydrazone groups is 1. The Morgan fingerprint density at radius 3 is 2.67 bits per heavy atom. The van der Waals surface area contributed by atoms with E-state index in [-0.39, 0.29) is 5.71 Å². The van der Waals surface area contributed by atoms with Gasteiger partial charge in [0, 0.05) is 0 Å². The summed E-state index contributed by atoms with van der Waals surface area (Å²) < 4.78 is 7.18. The van der Waals surface area contributed by atoms with Crippen molar-refractivity contribution in [3.8, 4) is 23.6 Å². The summed E-state index contributed by atoms with van der Waals surface area (Å²) in [5.74, 6) is 0.563. The molecule has 2 aromatic rings. The lowest BCUT2D eigenvalue weighted by atomic mass is 10.2. The quantitative estimate of drug-likeness (QED) is 0.656. The van der Waals surface area contributed by atoms with Gasteiger partial charge in [-0.25, -0.2) is 0 Å². The fourth-order valence-corrected chi connectivity index (χ4v) is 1.57. The number of nitrogens with zero attached hydrogens (tertiary/aromatic N) is 6. The highest BCUT2D eigenvalue weighted by molar-refractivity contribution is 6.10. The van der Waals surface area contributed by atoms with Crippen LogP contribution < -0.4 is 10.2 Å². The Hall–Kier alpha value is -3.39. The monoisotopic (exact) mass is 281 g/mol. The Morgan fingerprint density at radius 1 is 1.33 bits per heavy atom. The molecule has 1 aromatic heterocycles. The number of nitrogens with one attached hydrogen (secondary N) is 1. The van der Waals surface area contributed by atoms with E-state index in [0.717, 1.165) is 5.69 Å². The molecule has 0 radical (unpaired) electrons. The highest BCUT2D eigenvalue weighted by atomic mass is 16.5. The van der Waals surface area contributed by atoms with Crippen LogP contribution in [0.25, 0.3) is 5.69 Å². The van der Waals surface area contributed by atoms with Gasteiger partial charge in [0.15, 0.2) is 0 Å². The Morgan fingerprint density at radius 2 is 2.05 bits per heavy atom. The lowest BCUT2D eigenvalue weighted by Gasteiger charge is -2.11. The maximum Gasteiger partial charge on any atom is 0.237 e. The molecule has 104 valence electrons. The minimum Gasteiger partial charge on any atom is -0.492 e. The molecule has 0 aliphatic heterocycles. The second kappa shape index (κ2) is 6.68. The van der Waals surface area contributed by atoms with Crippen molar-refractivity contribution in [1.82, 2.24) is 14.8 Å². The molecule has 0 fully saturated rings. The summed E-state index contributed by atoms with van der Waals surface area (Å²) in [7, 11) is 0. The number of hydrogen-bond acceptors (Lipinski definition) is 7. The van der Waals surface area contributed by atoms with Crippen molar-refractivity contribution in [2.24, 2.45) is 5.10 Å². The van der Waals surface area contributed by atoms with Crippen LogP contribution in [-0.4, -0.2) is 27.1 Å². The van der Waals surface area contributed by atoms with Crippen LogP contribution in [0.1, 0.15) is 6.92 Å². The summed E-state index contributed by atoms with van der Waals surface area (Å²) in [5.41, 5.74) is 3.72. The summed E-state index contributed by atoms with van der Waals surface area (Å²) in [6, 6.07) is 8.70. The van der Waals surface area contributed by atoms with Gasteiger partial charge in [-0.1, -0.05) is 0 Å². The number of rotatable bonds is 5. The van der Waals surface area contributed by atoms with E-state index in [9.17, 15) is 0 Å². The number of benzene rings is 1. The van der Waals surface area contributed by atoms with E-state index in [1.54, 1.807) is 41.5 Å². The van der Waals surface area contributed by atoms with Crippen LogP contribution in [0.3, 0.4) is 0 Å².